The molecule has 27 heavy (non-hydrogen) atoms. The van der Waals surface area contributed by atoms with E-state index in [4.69, 9.17) is 0 Å². The number of anilines is 1. The van der Waals surface area contributed by atoms with E-state index in [1.165, 1.54) is 5.56 Å². The smallest absolute Gasteiger partial charge is 0.262 e. The third-order valence-corrected chi connectivity index (χ3v) is 6.32. The van der Waals surface area contributed by atoms with E-state index in [0.29, 0.717) is 22.8 Å². The molecule has 2 aromatic carbocycles. The van der Waals surface area contributed by atoms with Gasteiger partial charge in [0.2, 0.25) is 0 Å². The summed E-state index contributed by atoms with van der Waals surface area (Å²) in [6.07, 6.45) is 0. The molecule has 0 aliphatic carbocycles. The number of aryl methyl sites for hydroxylation is 4. The molecule has 5 nitrogen and oxygen atoms in total. The fourth-order valence-electron chi connectivity index (χ4n) is 3.13. The van der Waals surface area contributed by atoms with E-state index in [0.717, 1.165) is 22.4 Å². The van der Waals surface area contributed by atoms with Gasteiger partial charge in [0, 0.05) is 0 Å². The summed E-state index contributed by atoms with van der Waals surface area (Å²) in [6.45, 7) is 10.1. The quantitative estimate of drug-likeness (QED) is 0.715. The summed E-state index contributed by atoms with van der Waals surface area (Å²) in [6, 6.07) is 13.6. The van der Waals surface area contributed by atoms with Gasteiger partial charge in [0.1, 0.15) is 0 Å². The maximum absolute atomic E-state index is 13.0. The number of nitrogens with zero attached hydrogens (tertiary/aromatic N) is 2. The average Bonchev–Trinajstić information content (AvgIpc) is 2.86. The third-order valence-electron chi connectivity index (χ3n) is 4.83. The van der Waals surface area contributed by atoms with Gasteiger partial charge in [0.25, 0.3) is 10.0 Å². The molecule has 0 unspecified atom stereocenters. The monoisotopic (exact) mass is 383 g/mol. The minimum absolute atomic E-state index is 0.299. The molecule has 0 fully saturated rings. The van der Waals surface area contributed by atoms with Crippen molar-refractivity contribution in [1.82, 2.24) is 9.78 Å². The number of hydrogen-bond donors (Lipinski definition) is 1. The molecule has 0 saturated carbocycles. The molecule has 0 atom stereocenters. The van der Waals surface area contributed by atoms with Crippen LogP contribution < -0.4 is 4.72 Å². The number of rotatable bonds is 5. The molecule has 142 valence electrons. The summed E-state index contributed by atoms with van der Waals surface area (Å²) in [7, 11) is -3.68. The lowest BCUT2D eigenvalue weighted by atomic mass is 10.1. The molecular weight excluding hydrogens is 358 g/mol. The van der Waals surface area contributed by atoms with Gasteiger partial charge in [-0.15, -0.1) is 0 Å². The predicted octanol–water partition coefficient (Wildman–Crippen LogP) is 4.27. The summed E-state index contributed by atoms with van der Waals surface area (Å²) in [5, 5.41) is 4.55. The molecule has 1 aromatic heterocycles. The van der Waals surface area contributed by atoms with Gasteiger partial charge in [-0.2, -0.15) is 5.10 Å². The molecule has 3 aromatic rings. The standard InChI is InChI=1S/C21H25N3O2S/c1-14-10-11-16(3)20(12-14)27(25,26)23-21-17(4)22-24(18(21)5)13-19-9-7-6-8-15(19)2/h6-12,23H,13H2,1-5H3. The Bertz CT molecular complexity index is 1100. The normalized spacial score (nSPS) is 11.6. The Kier molecular flexibility index (Phi) is 5.11. The van der Waals surface area contributed by atoms with Crippen LogP contribution in [0.15, 0.2) is 47.4 Å². The van der Waals surface area contributed by atoms with Crippen molar-refractivity contribution in [2.45, 2.75) is 46.1 Å². The van der Waals surface area contributed by atoms with E-state index in [2.05, 4.69) is 28.9 Å². The highest BCUT2D eigenvalue weighted by Gasteiger charge is 2.22. The van der Waals surface area contributed by atoms with Gasteiger partial charge >= 0.3 is 0 Å². The van der Waals surface area contributed by atoms with Gasteiger partial charge in [-0.3, -0.25) is 9.40 Å². The van der Waals surface area contributed by atoms with Crippen LogP contribution in [-0.4, -0.2) is 18.2 Å². The molecule has 0 radical (unpaired) electrons. The fourth-order valence-corrected chi connectivity index (χ4v) is 4.64. The van der Waals surface area contributed by atoms with Crippen molar-refractivity contribution >= 4 is 15.7 Å². The van der Waals surface area contributed by atoms with E-state index in [-0.39, 0.29) is 0 Å². The number of aromatic nitrogens is 2. The van der Waals surface area contributed by atoms with Gasteiger partial charge in [0.15, 0.2) is 0 Å². The van der Waals surface area contributed by atoms with Crippen LogP contribution in [0.3, 0.4) is 0 Å². The number of benzene rings is 2. The largest absolute Gasteiger partial charge is 0.276 e. The lowest BCUT2D eigenvalue weighted by Crippen LogP contribution is -2.15. The zero-order valence-corrected chi connectivity index (χ0v) is 17.2. The van der Waals surface area contributed by atoms with E-state index in [9.17, 15) is 8.42 Å². The zero-order valence-electron chi connectivity index (χ0n) is 16.4. The highest BCUT2D eigenvalue weighted by atomic mass is 32.2. The number of hydrogen-bond acceptors (Lipinski definition) is 3. The van der Waals surface area contributed by atoms with Gasteiger partial charge < -0.3 is 0 Å². The van der Waals surface area contributed by atoms with E-state index < -0.39 is 10.0 Å². The Hall–Kier alpha value is -2.60. The van der Waals surface area contributed by atoms with Crippen LogP contribution >= 0.6 is 0 Å². The Morgan fingerprint density at radius 2 is 1.67 bits per heavy atom. The maximum Gasteiger partial charge on any atom is 0.262 e. The summed E-state index contributed by atoms with van der Waals surface area (Å²) >= 11 is 0. The highest BCUT2D eigenvalue weighted by Crippen LogP contribution is 2.26. The molecule has 1 N–H and O–H groups in total. The number of nitrogens with one attached hydrogen (secondary N) is 1. The van der Waals surface area contributed by atoms with E-state index in [1.54, 1.807) is 13.0 Å². The Morgan fingerprint density at radius 3 is 2.37 bits per heavy atom. The first-order chi connectivity index (χ1) is 12.7. The second-order valence-corrected chi connectivity index (χ2v) is 8.66. The third kappa shape index (κ3) is 3.90. The summed E-state index contributed by atoms with van der Waals surface area (Å²) in [5.74, 6) is 0. The van der Waals surface area contributed by atoms with Crippen molar-refractivity contribution in [3.05, 3.63) is 76.1 Å². The summed E-state index contributed by atoms with van der Waals surface area (Å²) in [4.78, 5) is 0.299. The molecule has 0 bridgehead atoms. The predicted molar refractivity (Wildman–Crippen MR) is 109 cm³/mol. The van der Waals surface area contributed by atoms with Crippen LogP contribution in [0.25, 0.3) is 0 Å². The van der Waals surface area contributed by atoms with Crippen molar-refractivity contribution in [2.24, 2.45) is 0 Å². The first-order valence-electron chi connectivity index (χ1n) is 8.87. The molecule has 0 amide bonds. The van der Waals surface area contributed by atoms with Crippen molar-refractivity contribution < 1.29 is 8.42 Å². The average molecular weight is 384 g/mol. The first-order valence-corrected chi connectivity index (χ1v) is 10.4. The van der Waals surface area contributed by atoms with Crippen molar-refractivity contribution in [3.63, 3.8) is 0 Å². The van der Waals surface area contributed by atoms with Crippen LogP contribution in [0.2, 0.25) is 0 Å². The van der Waals surface area contributed by atoms with Crippen molar-refractivity contribution in [2.75, 3.05) is 4.72 Å². The molecule has 0 aliphatic rings. The van der Waals surface area contributed by atoms with E-state index in [1.807, 2.05) is 49.7 Å². The summed E-state index contributed by atoms with van der Waals surface area (Å²) < 4.78 is 30.5. The lowest BCUT2D eigenvalue weighted by Gasteiger charge is -2.12. The lowest BCUT2D eigenvalue weighted by molar-refractivity contribution is 0.600. The number of sulfonamides is 1. The summed E-state index contributed by atoms with van der Waals surface area (Å²) in [5.41, 5.74) is 5.97. The molecule has 0 aliphatic heterocycles. The Labute approximate surface area is 161 Å². The Balaban J connectivity index is 1.95. The van der Waals surface area contributed by atoms with Crippen LogP contribution in [0.4, 0.5) is 5.69 Å². The minimum atomic E-state index is -3.68. The SMILES string of the molecule is Cc1ccc(C)c(S(=O)(=O)Nc2c(C)nn(Cc3ccccc3C)c2C)c1. The molecular formula is C21H25N3O2S. The van der Waals surface area contributed by atoms with Crippen LogP contribution in [0, 0.1) is 34.6 Å². The molecule has 3 rings (SSSR count). The second-order valence-electron chi connectivity index (χ2n) is 7.00. The van der Waals surface area contributed by atoms with Gasteiger partial charge in [0.05, 0.1) is 28.5 Å². The second kappa shape index (κ2) is 7.19. The fraction of sp³-hybridized carbons (Fsp3) is 0.286. The van der Waals surface area contributed by atoms with Crippen molar-refractivity contribution in [3.8, 4) is 0 Å². The van der Waals surface area contributed by atoms with Crippen LogP contribution in [-0.2, 0) is 16.6 Å². The highest BCUT2D eigenvalue weighted by molar-refractivity contribution is 7.92. The zero-order chi connectivity index (χ0) is 19.8. The molecule has 1 heterocycles. The molecule has 0 spiro atoms. The minimum Gasteiger partial charge on any atom is -0.276 e. The van der Waals surface area contributed by atoms with Crippen LogP contribution in [0.5, 0.6) is 0 Å². The molecule has 0 saturated heterocycles. The van der Waals surface area contributed by atoms with Crippen LogP contribution in [0.1, 0.15) is 33.6 Å². The Morgan fingerprint density at radius 1 is 0.963 bits per heavy atom. The topological polar surface area (TPSA) is 64.0 Å². The first kappa shape index (κ1) is 19.2. The van der Waals surface area contributed by atoms with E-state index >= 15 is 0 Å². The van der Waals surface area contributed by atoms with Gasteiger partial charge in [-0.25, -0.2) is 8.42 Å². The van der Waals surface area contributed by atoms with Gasteiger partial charge in [-0.05, 0) is 62.9 Å². The van der Waals surface area contributed by atoms with Crippen molar-refractivity contribution in [1.29, 1.82) is 0 Å². The maximum atomic E-state index is 13.0. The van der Waals surface area contributed by atoms with Gasteiger partial charge in [-0.1, -0.05) is 36.4 Å². The molecule has 6 heteroatoms.